The van der Waals surface area contributed by atoms with Crippen LogP contribution in [0.25, 0.3) is 0 Å². The third kappa shape index (κ3) is 2.19. The Morgan fingerprint density at radius 3 is 2.62 bits per heavy atom. The normalized spacial score (nSPS) is 35.8. The summed E-state index contributed by atoms with van der Waals surface area (Å²) in [7, 11) is 0. The van der Waals surface area contributed by atoms with E-state index in [1.165, 1.54) is 12.0 Å². The molecule has 1 N–H and O–H groups in total. The van der Waals surface area contributed by atoms with Gasteiger partial charge in [-0.3, -0.25) is 0 Å². The van der Waals surface area contributed by atoms with Crippen LogP contribution < -0.4 is 0 Å². The summed E-state index contributed by atoms with van der Waals surface area (Å²) >= 11 is 0. The summed E-state index contributed by atoms with van der Waals surface area (Å²) in [6, 6.07) is 10.8. The molecule has 2 heteroatoms. The summed E-state index contributed by atoms with van der Waals surface area (Å²) in [5.41, 5.74) is 0.719. The van der Waals surface area contributed by atoms with Crippen LogP contribution in [0.1, 0.15) is 63.0 Å². The molecule has 1 aromatic rings. The van der Waals surface area contributed by atoms with Gasteiger partial charge >= 0.3 is 0 Å². The minimum absolute atomic E-state index is 0.588. The zero-order valence-electron chi connectivity index (χ0n) is 12.9. The van der Waals surface area contributed by atoms with Crippen molar-refractivity contribution in [1.29, 1.82) is 5.26 Å². The lowest BCUT2D eigenvalue weighted by molar-refractivity contribution is -0.0965. The van der Waals surface area contributed by atoms with Gasteiger partial charge in [0.2, 0.25) is 0 Å². The third-order valence-electron chi connectivity index (χ3n) is 5.99. The Morgan fingerprint density at radius 2 is 1.95 bits per heavy atom. The largest absolute Gasteiger partial charge is 0.383 e. The van der Waals surface area contributed by atoms with Crippen LogP contribution in [0.15, 0.2) is 24.3 Å². The number of hydrogen-bond donors (Lipinski definition) is 1. The predicted octanol–water partition coefficient (Wildman–Crippen LogP) is 4.32. The van der Waals surface area contributed by atoms with E-state index >= 15 is 0 Å². The van der Waals surface area contributed by atoms with Gasteiger partial charge in [0.25, 0.3) is 0 Å². The first-order valence-corrected chi connectivity index (χ1v) is 8.37. The Bertz CT molecular complexity index is 551. The van der Waals surface area contributed by atoms with Crippen molar-refractivity contribution in [3.63, 3.8) is 0 Å². The van der Waals surface area contributed by atoms with E-state index in [0.717, 1.165) is 56.4 Å². The van der Waals surface area contributed by atoms with Gasteiger partial charge in [-0.2, -0.15) is 5.26 Å². The Kier molecular flexibility index (Phi) is 3.80. The van der Waals surface area contributed by atoms with E-state index in [2.05, 4.69) is 19.1 Å². The second-order valence-corrected chi connectivity index (χ2v) is 6.92. The SMILES string of the molecule is CCC1CCC(C#N)(C2(O)CCCc3ccccc32)CC1. The molecule has 1 fully saturated rings. The molecule has 0 aliphatic heterocycles. The van der Waals surface area contributed by atoms with Gasteiger partial charge in [-0.05, 0) is 62.0 Å². The van der Waals surface area contributed by atoms with Crippen molar-refractivity contribution in [1.82, 2.24) is 0 Å². The number of rotatable bonds is 2. The summed E-state index contributed by atoms with van der Waals surface area (Å²) in [6.07, 6.45) is 7.76. The van der Waals surface area contributed by atoms with Gasteiger partial charge in [0, 0.05) is 0 Å². The van der Waals surface area contributed by atoms with E-state index < -0.39 is 11.0 Å². The number of aryl methyl sites for hydroxylation is 1. The van der Waals surface area contributed by atoms with E-state index in [1.54, 1.807) is 0 Å². The van der Waals surface area contributed by atoms with E-state index in [-0.39, 0.29) is 0 Å². The van der Waals surface area contributed by atoms with Gasteiger partial charge in [-0.15, -0.1) is 0 Å². The molecule has 21 heavy (non-hydrogen) atoms. The number of benzene rings is 1. The Labute approximate surface area is 127 Å². The average Bonchev–Trinajstić information content (AvgIpc) is 2.55. The fraction of sp³-hybridized carbons (Fsp3) is 0.632. The molecular formula is C19H25NO. The summed E-state index contributed by atoms with van der Waals surface area (Å²) in [5.74, 6) is 0.730. The maximum Gasteiger partial charge on any atom is 0.108 e. The maximum atomic E-state index is 11.5. The van der Waals surface area contributed by atoms with Gasteiger partial charge < -0.3 is 5.11 Å². The molecule has 112 valence electrons. The van der Waals surface area contributed by atoms with Crippen molar-refractivity contribution in [3.8, 4) is 6.07 Å². The van der Waals surface area contributed by atoms with Crippen LogP contribution in [0.4, 0.5) is 0 Å². The minimum atomic E-state index is -0.949. The summed E-state index contributed by atoms with van der Waals surface area (Å²) < 4.78 is 0. The van der Waals surface area contributed by atoms with Gasteiger partial charge in [0.15, 0.2) is 0 Å². The van der Waals surface area contributed by atoms with Crippen LogP contribution in [0.3, 0.4) is 0 Å². The Hall–Kier alpha value is -1.33. The fourth-order valence-corrected chi connectivity index (χ4v) is 4.50. The number of nitrogens with zero attached hydrogens (tertiary/aromatic N) is 1. The monoisotopic (exact) mass is 283 g/mol. The molecule has 3 rings (SSSR count). The molecule has 0 amide bonds. The van der Waals surface area contributed by atoms with Crippen LogP contribution in [0.5, 0.6) is 0 Å². The highest BCUT2D eigenvalue weighted by Gasteiger charge is 2.54. The number of fused-ring (bicyclic) bond motifs is 1. The predicted molar refractivity (Wildman–Crippen MR) is 83.6 cm³/mol. The molecular weight excluding hydrogens is 258 g/mol. The van der Waals surface area contributed by atoms with E-state index in [9.17, 15) is 10.4 Å². The topological polar surface area (TPSA) is 44.0 Å². The molecule has 1 saturated carbocycles. The quantitative estimate of drug-likeness (QED) is 0.878. The van der Waals surface area contributed by atoms with Crippen molar-refractivity contribution in [2.45, 2.75) is 63.9 Å². The van der Waals surface area contributed by atoms with Crippen molar-refractivity contribution in [2.75, 3.05) is 0 Å². The van der Waals surface area contributed by atoms with E-state index in [4.69, 9.17) is 0 Å². The van der Waals surface area contributed by atoms with Gasteiger partial charge in [0.1, 0.15) is 5.60 Å². The molecule has 0 spiro atoms. The van der Waals surface area contributed by atoms with Crippen molar-refractivity contribution in [3.05, 3.63) is 35.4 Å². The molecule has 0 radical (unpaired) electrons. The zero-order valence-corrected chi connectivity index (χ0v) is 12.9. The van der Waals surface area contributed by atoms with Gasteiger partial charge in [0.05, 0.1) is 11.5 Å². The molecule has 0 heterocycles. The highest BCUT2D eigenvalue weighted by atomic mass is 16.3. The lowest BCUT2D eigenvalue weighted by Gasteiger charge is -2.49. The molecule has 2 aliphatic carbocycles. The smallest absolute Gasteiger partial charge is 0.108 e. The Morgan fingerprint density at radius 1 is 1.24 bits per heavy atom. The summed E-state index contributed by atoms with van der Waals surface area (Å²) in [5, 5.41) is 21.5. The molecule has 0 bridgehead atoms. The lowest BCUT2D eigenvalue weighted by Crippen LogP contribution is -2.49. The lowest BCUT2D eigenvalue weighted by atomic mass is 9.56. The van der Waals surface area contributed by atoms with Crippen molar-refractivity contribution in [2.24, 2.45) is 11.3 Å². The number of aliphatic hydroxyl groups is 1. The summed E-state index contributed by atoms with van der Waals surface area (Å²) in [6.45, 7) is 2.23. The van der Waals surface area contributed by atoms with Crippen LogP contribution in [-0.4, -0.2) is 5.11 Å². The molecule has 0 aromatic heterocycles. The molecule has 2 aliphatic rings. The second-order valence-electron chi connectivity index (χ2n) is 6.92. The minimum Gasteiger partial charge on any atom is -0.383 e. The van der Waals surface area contributed by atoms with Gasteiger partial charge in [-0.1, -0.05) is 37.6 Å². The first kappa shape index (κ1) is 14.6. The molecule has 0 saturated heterocycles. The number of hydrogen-bond acceptors (Lipinski definition) is 2. The maximum absolute atomic E-state index is 11.5. The molecule has 1 aromatic carbocycles. The Balaban J connectivity index is 2.00. The first-order valence-electron chi connectivity index (χ1n) is 8.37. The van der Waals surface area contributed by atoms with Crippen LogP contribution in [-0.2, 0) is 12.0 Å². The van der Waals surface area contributed by atoms with Crippen molar-refractivity contribution >= 4 is 0 Å². The molecule has 2 nitrogen and oxygen atoms in total. The van der Waals surface area contributed by atoms with Crippen LogP contribution in [0.2, 0.25) is 0 Å². The number of nitriles is 1. The van der Waals surface area contributed by atoms with E-state index in [0.29, 0.717) is 0 Å². The highest BCUT2D eigenvalue weighted by molar-refractivity contribution is 5.38. The summed E-state index contributed by atoms with van der Waals surface area (Å²) in [4.78, 5) is 0. The van der Waals surface area contributed by atoms with Crippen molar-refractivity contribution < 1.29 is 5.11 Å². The highest BCUT2D eigenvalue weighted by Crippen LogP contribution is 2.55. The molecule has 1 unspecified atom stereocenters. The van der Waals surface area contributed by atoms with Crippen LogP contribution >= 0.6 is 0 Å². The second kappa shape index (κ2) is 5.46. The fourth-order valence-electron chi connectivity index (χ4n) is 4.50. The molecule has 1 atom stereocenters. The third-order valence-corrected chi connectivity index (χ3v) is 5.99. The van der Waals surface area contributed by atoms with E-state index in [1.807, 2.05) is 18.2 Å². The van der Waals surface area contributed by atoms with Crippen LogP contribution in [0, 0.1) is 22.7 Å². The van der Waals surface area contributed by atoms with Gasteiger partial charge in [-0.25, -0.2) is 0 Å². The standard InChI is InChI=1S/C19H25NO/c1-2-15-9-12-18(14-20,13-10-15)19(21)11-5-7-16-6-3-4-8-17(16)19/h3-4,6,8,15,21H,2,5,7,9-13H2,1H3. The first-order chi connectivity index (χ1) is 10.1. The average molecular weight is 283 g/mol. The zero-order chi connectivity index (χ0) is 14.9.